The van der Waals surface area contributed by atoms with Gasteiger partial charge in [0, 0.05) is 11.1 Å². The van der Waals surface area contributed by atoms with Crippen LogP contribution in [0, 0.1) is 5.92 Å². The minimum atomic E-state index is -2.45. The average molecular weight is 312 g/mol. The number of carbonyl (C=O) groups is 3. The molecule has 0 aliphatic heterocycles. The topological polar surface area (TPSA) is 101 Å². The Morgan fingerprint density at radius 2 is 1.76 bits per heavy atom. The maximum Gasteiger partial charge on any atom is 0.343 e. The minimum absolute atomic E-state index is 0.0279. The standard InChI is InChI=1S/C14H20O6Si/c1-21(2,14-5-3-9(8-14)4-6-14)20-13(19)10(12(17)18)7-11(15)16/h7,9H,3-6,8H2,1-2H3,(H,15,16)(H,17,18). The smallest absolute Gasteiger partial charge is 0.343 e. The SMILES string of the molecule is C[Si](C)(OC(=O)C(=CC(=O)O)C(=O)O)C12CCC(CC1)C2. The van der Waals surface area contributed by atoms with Gasteiger partial charge in [-0.2, -0.15) is 0 Å². The fraction of sp³-hybridized carbons (Fsp3) is 0.643. The van der Waals surface area contributed by atoms with Crippen LogP contribution in [0.15, 0.2) is 11.6 Å². The highest BCUT2D eigenvalue weighted by Crippen LogP contribution is 2.64. The number of fused-ring (bicyclic) bond motifs is 2. The van der Waals surface area contributed by atoms with Crippen molar-refractivity contribution in [1.29, 1.82) is 0 Å². The summed E-state index contributed by atoms with van der Waals surface area (Å²) in [7, 11) is -2.45. The number of carboxylic acids is 2. The first-order valence-electron chi connectivity index (χ1n) is 7.08. The molecule has 0 saturated heterocycles. The summed E-state index contributed by atoms with van der Waals surface area (Å²) >= 11 is 0. The van der Waals surface area contributed by atoms with Gasteiger partial charge in [-0.15, -0.1) is 0 Å². The zero-order chi connectivity index (χ0) is 15.8. The van der Waals surface area contributed by atoms with Crippen LogP contribution in [-0.4, -0.2) is 36.4 Å². The largest absolute Gasteiger partial charge is 0.515 e. The molecule has 0 aromatic carbocycles. The van der Waals surface area contributed by atoms with Crippen molar-refractivity contribution < 1.29 is 29.0 Å². The normalized spacial score (nSPS) is 28.5. The van der Waals surface area contributed by atoms with Gasteiger partial charge < -0.3 is 14.6 Å². The molecular formula is C14H20O6Si. The molecule has 2 aliphatic carbocycles. The maximum absolute atomic E-state index is 12.1. The van der Waals surface area contributed by atoms with Crippen molar-refractivity contribution in [3.63, 3.8) is 0 Å². The zero-order valence-corrected chi connectivity index (χ0v) is 13.2. The molecule has 0 aromatic rings. The Morgan fingerprint density at radius 1 is 1.19 bits per heavy atom. The molecule has 2 bridgehead atoms. The molecule has 2 rings (SSSR count). The van der Waals surface area contributed by atoms with Gasteiger partial charge in [0.05, 0.1) is 0 Å². The third-order valence-corrected chi connectivity index (χ3v) is 9.04. The first-order valence-corrected chi connectivity index (χ1v) is 9.99. The summed E-state index contributed by atoms with van der Waals surface area (Å²) in [5.74, 6) is -3.36. The molecule has 0 amide bonds. The van der Waals surface area contributed by atoms with Crippen LogP contribution in [0.25, 0.3) is 0 Å². The summed E-state index contributed by atoms with van der Waals surface area (Å²) in [6, 6.07) is 0. The van der Waals surface area contributed by atoms with E-state index in [9.17, 15) is 14.4 Å². The summed E-state index contributed by atoms with van der Waals surface area (Å²) in [5.41, 5.74) is -0.813. The summed E-state index contributed by atoms with van der Waals surface area (Å²) < 4.78 is 5.55. The summed E-state index contributed by atoms with van der Waals surface area (Å²) in [4.78, 5) is 33.7. The van der Waals surface area contributed by atoms with E-state index in [-0.39, 0.29) is 5.04 Å². The van der Waals surface area contributed by atoms with E-state index in [4.69, 9.17) is 14.6 Å². The molecule has 2 aliphatic rings. The van der Waals surface area contributed by atoms with Gasteiger partial charge in [0.2, 0.25) is 0 Å². The molecule has 2 saturated carbocycles. The second kappa shape index (κ2) is 5.29. The Morgan fingerprint density at radius 3 is 2.14 bits per heavy atom. The van der Waals surface area contributed by atoms with Gasteiger partial charge in [-0.25, -0.2) is 14.4 Å². The molecule has 0 heterocycles. The molecule has 2 N–H and O–H groups in total. The molecule has 0 atom stereocenters. The summed E-state index contributed by atoms with van der Waals surface area (Å²) in [6.07, 6.45) is 5.78. The van der Waals surface area contributed by atoms with Crippen molar-refractivity contribution >= 4 is 26.2 Å². The van der Waals surface area contributed by atoms with Crippen LogP contribution >= 0.6 is 0 Å². The number of hydrogen-bond donors (Lipinski definition) is 2. The first kappa shape index (κ1) is 15.8. The van der Waals surface area contributed by atoms with Crippen LogP contribution in [0.5, 0.6) is 0 Å². The van der Waals surface area contributed by atoms with Crippen molar-refractivity contribution in [3.8, 4) is 0 Å². The van der Waals surface area contributed by atoms with Crippen molar-refractivity contribution in [3.05, 3.63) is 11.6 Å². The van der Waals surface area contributed by atoms with E-state index < -0.39 is 31.8 Å². The predicted octanol–water partition coefficient (Wildman–Crippen LogP) is 2.16. The fourth-order valence-corrected chi connectivity index (χ4v) is 6.83. The van der Waals surface area contributed by atoms with Gasteiger partial charge in [-0.1, -0.05) is 12.8 Å². The van der Waals surface area contributed by atoms with Crippen molar-refractivity contribution in [2.75, 3.05) is 0 Å². The molecule has 116 valence electrons. The fourth-order valence-electron chi connectivity index (χ4n) is 3.77. The predicted molar refractivity (Wildman–Crippen MR) is 76.2 cm³/mol. The van der Waals surface area contributed by atoms with Crippen molar-refractivity contribution in [1.82, 2.24) is 0 Å². The lowest BCUT2D eigenvalue weighted by molar-refractivity contribution is -0.141. The van der Waals surface area contributed by atoms with E-state index >= 15 is 0 Å². The molecular weight excluding hydrogens is 292 g/mol. The van der Waals surface area contributed by atoms with E-state index in [0.717, 1.165) is 32.1 Å². The van der Waals surface area contributed by atoms with Crippen LogP contribution in [-0.2, 0) is 18.8 Å². The molecule has 0 spiro atoms. The quantitative estimate of drug-likeness (QED) is 0.349. The maximum atomic E-state index is 12.1. The van der Waals surface area contributed by atoms with Crippen LogP contribution in [0.3, 0.4) is 0 Å². The second-order valence-corrected chi connectivity index (χ2v) is 10.8. The third kappa shape index (κ3) is 2.88. The molecule has 2 fully saturated rings. The highest BCUT2D eigenvalue weighted by atomic mass is 28.4. The Labute approximate surface area is 123 Å². The minimum Gasteiger partial charge on any atom is -0.515 e. The number of hydrogen-bond acceptors (Lipinski definition) is 4. The highest BCUT2D eigenvalue weighted by molar-refractivity contribution is 6.76. The zero-order valence-electron chi connectivity index (χ0n) is 12.2. The van der Waals surface area contributed by atoms with E-state index in [1.165, 1.54) is 0 Å². The number of rotatable bonds is 5. The Bertz CT molecular complexity index is 514. The van der Waals surface area contributed by atoms with E-state index in [1.807, 2.05) is 13.1 Å². The van der Waals surface area contributed by atoms with Crippen LogP contribution in [0.4, 0.5) is 0 Å². The molecule has 7 heteroatoms. The molecule has 0 aromatic heterocycles. The van der Waals surface area contributed by atoms with Crippen molar-refractivity contribution in [2.24, 2.45) is 5.92 Å². The van der Waals surface area contributed by atoms with E-state index in [2.05, 4.69) is 0 Å². The van der Waals surface area contributed by atoms with Gasteiger partial charge in [-0.05, 0) is 38.3 Å². The lowest BCUT2D eigenvalue weighted by Gasteiger charge is -2.40. The van der Waals surface area contributed by atoms with Gasteiger partial charge in [0.25, 0.3) is 8.32 Å². The number of carboxylic acid groups (broad SMARTS) is 2. The van der Waals surface area contributed by atoms with Crippen LogP contribution < -0.4 is 0 Å². The molecule has 0 unspecified atom stereocenters. The van der Waals surface area contributed by atoms with Gasteiger partial charge in [0.15, 0.2) is 5.57 Å². The van der Waals surface area contributed by atoms with Gasteiger partial charge in [0.1, 0.15) is 0 Å². The Kier molecular flexibility index (Phi) is 3.97. The van der Waals surface area contributed by atoms with Crippen molar-refractivity contribution in [2.45, 2.75) is 50.2 Å². The summed E-state index contributed by atoms with van der Waals surface area (Å²) in [6.45, 7) is 3.86. The lowest BCUT2D eigenvalue weighted by atomic mass is 10.0. The lowest BCUT2D eigenvalue weighted by Crippen LogP contribution is -2.45. The van der Waals surface area contributed by atoms with E-state index in [0.29, 0.717) is 12.0 Å². The average Bonchev–Trinajstić information content (AvgIpc) is 2.96. The monoisotopic (exact) mass is 312 g/mol. The van der Waals surface area contributed by atoms with Crippen LogP contribution in [0.1, 0.15) is 32.1 Å². The highest BCUT2D eigenvalue weighted by Gasteiger charge is 2.58. The Balaban J connectivity index is 2.17. The van der Waals surface area contributed by atoms with Crippen LogP contribution in [0.2, 0.25) is 18.1 Å². The summed E-state index contributed by atoms with van der Waals surface area (Å²) in [5, 5.41) is 17.7. The van der Waals surface area contributed by atoms with E-state index in [1.54, 1.807) is 0 Å². The molecule has 6 nitrogen and oxygen atoms in total. The second-order valence-electron chi connectivity index (χ2n) is 6.53. The van der Waals surface area contributed by atoms with Gasteiger partial charge in [-0.3, -0.25) is 0 Å². The molecule has 0 radical (unpaired) electrons. The number of aliphatic carboxylic acids is 2. The first-order chi connectivity index (χ1) is 9.67. The molecule has 21 heavy (non-hydrogen) atoms. The van der Waals surface area contributed by atoms with Gasteiger partial charge >= 0.3 is 17.9 Å². The Hall–Kier alpha value is -1.63. The number of carbonyl (C=O) groups excluding carboxylic acids is 1. The third-order valence-electron chi connectivity index (χ3n) is 5.08.